The molecule has 72 valence electrons. The van der Waals surface area contributed by atoms with Crippen molar-refractivity contribution < 1.29 is 4.79 Å². The first-order valence-electron chi connectivity index (χ1n) is 4.19. The maximum atomic E-state index is 11.2. The van der Waals surface area contributed by atoms with Gasteiger partial charge in [0.2, 0.25) is 0 Å². The van der Waals surface area contributed by atoms with Crippen LogP contribution in [0.3, 0.4) is 0 Å². The largest absolute Gasteiger partial charge is 0.397 e. The van der Waals surface area contributed by atoms with Crippen LogP contribution in [-0.2, 0) is 7.05 Å². The number of carbonyl (C=O) groups is 1. The molecule has 0 unspecified atom stereocenters. The second-order valence-corrected chi connectivity index (χ2v) is 3.20. The van der Waals surface area contributed by atoms with Gasteiger partial charge in [0.15, 0.2) is 5.78 Å². The molecule has 2 aromatic rings. The van der Waals surface area contributed by atoms with E-state index in [4.69, 9.17) is 5.73 Å². The molecule has 0 amide bonds. The van der Waals surface area contributed by atoms with Gasteiger partial charge in [-0.15, -0.1) is 5.10 Å². The standard InChI is InChI=1S/C9H10N4O/c1-5(14)6-3-7(10)9-8(4-6)13(2)12-11-9/h3-4H,10H2,1-2H3. The Morgan fingerprint density at radius 1 is 1.50 bits per heavy atom. The van der Waals surface area contributed by atoms with E-state index in [0.717, 1.165) is 5.52 Å². The fourth-order valence-corrected chi connectivity index (χ4v) is 1.36. The number of aromatic nitrogens is 3. The summed E-state index contributed by atoms with van der Waals surface area (Å²) in [7, 11) is 1.76. The summed E-state index contributed by atoms with van der Waals surface area (Å²) in [6.45, 7) is 1.50. The Hall–Kier alpha value is -1.91. The van der Waals surface area contributed by atoms with Gasteiger partial charge in [-0.05, 0) is 19.1 Å². The van der Waals surface area contributed by atoms with Gasteiger partial charge in [-0.3, -0.25) is 4.79 Å². The van der Waals surface area contributed by atoms with Crippen LogP contribution in [0.25, 0.3) is 11.0 Å². The second kappa shape index (κ2) is 2.80. The minimum absolute atomic E-state index is 0.0141. The number of anilines is 1. The smallest absolute Gasteiger partial charge is 0.159 e. The van der Waals surface area contributed by atoms with Crippen molar-refractivity contribution in [3.8, 4) is 0 Å². The van der Waals surface area contributed by atoms with Crippen molar-refractivity contribution in [3.63, 3.8) is 0 Å². The van der Waals surface area contributed by atoms with Crippen LogP contribution in [0.1, 0.15) is 17.3 Å². The Balaban J connectivity index is 2.82. The zero-order valence-corrected chi connectivity index (χ0v) is 7.98. The average Bonchev–Trinajstić information content (AvgIpc) is 2.48. The lowest BCUT2D eigenvalue weighted by molar-refractivity contribution is 0.101. The van der Waals surface area contributed by atoms with Crippen molar-refractivity contribution in [2.24, 2.45) is 7.05 Å². The summed E-state index contributed by atoms with van der Waals surface area (Å²) in [6, 6.07) is 3.37. The zero-order valence-electron chi connectivity index (χ0n) is 7.98. The molecule has 0 spiro atoms. The van der Waals surface area contributed by atoms with Crippen molar-refractivity contribution in [2.45, 2.75) is 6.92 Å². The maximum Gasteiger partial charge on any atom is 0.159 e. The average molecular weight is 190 g/mol. The van der Waals surface area contributed by atoms with Crippen molar-refractivity contribution in [2.75, 3.05) is 5.73 Å². The lowest BCUT2D eigenvalue weighted by Crippen LogP contribution is -1.97. The van der Waals surface area contributed by atoms with Gasteiger partial charge in [0.25, 0.3) is 0 Å². The highest BCUT2D eigenvalue weighted by atomic mass is 16.1. The van der Waals surface area contributed by atoms with E-state index in [0.29, 0.717) is 16.8 Å². The number of carbonyl (C=O) groups excluding carboxylic acids is 1. The lowest BCUT2D eigenvalue weighted by atomic mass is 10.1. The van der Waals surface area contributed by atoms with Gasteiger partial charge in [-0.2, -0.15) is 0 Å². The summed E-state index contributed by atoms with van der Waals surface area (Å²) >= 11 is 0. The molecule has 0 bridgehead atoms. The van der Waals surface area contributed by atoms with Crippen LogP contribution in [-0.4, -0.2) is 20.8 Å². The molecule has 5 heteroatoms. The summed E-state index contributed by atoms with van der Waals surface area (Å²) < 4.78 is 1.60. The van der Waals surface area contributed by atoms with Crippen LogP contribution in [0.5, 0.6) is 0 Å². The number of rotatable bonds is 1. The van der Waals surface area contributed by atoms with Crippen LogP contribution in [0, 0.1) is 0 Å². The van der Waals surface area contributed by atoms with Gasteiger partial charge in [0, 0.05) is 12.6 Å². The van der Waals surface area contributed by atoms with Gasteiger partial charge in [0.05, 0.1) is 11.2 Å². The van der Waals surface area contributed by atoms with Crippen molar-refractivity contribution in [3.05, 3.63) is 17.7 Å². The summed E-state index contributed by atoms with van der Waals surface area (Å²) in [4.78, 5) is 11.2. The number of nitrogen functional groups attached to an aromatic ring is 1. The van der Waals surface area contributed by atoms with E-state index in [2.05, 4.69) is 10.3 Å². The van der Waals surface area contributed by atoms with E-state index >= 15 is 0 Å². The molecule has 0 radical (unpaired) electrons. The number of nitrogens with two attached hydrogens (primary N) is 1. The fraction of sp³-hybridized carbons (Fsp3) is 0.222. The minimum atomic E-state index is -0.0141. The first-order chi connectivity index (χ1) is 6.59. The molecule has 1 heterocycles. The van der Waals surface area contributed by atoms with Crippen LogP contribution < -0.4 is 5.73 Å². The molecule has 2 rings (SSSR count). The number of benzene rings is 1. The highest BCUT2D eigenvalue weighted by molar-refractivity contribution is 6.00. The van der Waals surface area contributed by atoms with Gasteiger partial charge >= 0.3 is 0 Å². The van der Waals surface area contributed by atoms with E-state index < -0.39 is 0 Å². The minimum Gasteiger partial charge on any atom is -0.397 e. The van der Waals surface area contributed by atoms with E-state index in [1.54, 1.807) is 23.9 Å². The van der Waals surface area contributed by atoms with Crippen LogP contribution >= 0.6 is 0 Å². The van der Waals surface area contributed by atoms with Crippen molar-refractivity contribution in [1.82, 2.24) is 15.0 Å². The molecule has 0 aliphatic heterocycles. The second-order valence-electron chi connectivity index (χ2n) is 3.20. The van der Waals surface area contributed by atoms with Gasteiger partial charge in [0.1, 0.15) is 5.52 Å². The van der Waals surface area contributed by atoms with E-state index in [9.17, 15) is 4.79 Å². The Morgan fingerprint density at radius 3 is 2.86 bits per heavy atom. The lowest BCUT2D eigenvalue weighted by Gasteiger charge is -1.99. The number of aryl methyl sites for hydroxylation is 1. The van der Waals surface area contributed by atoms with Gasteiger partial charge in [-0.25, -0.2) is 4.68 Å². The van der Waals surface area contributed by atoms with Gasteiger partial charge in [-0.1, -0.05) is 5.21 Å². The number of fused-ring (bicyclic) bond motifs is 1. The van der Waals surface area contributed by atoms with Crippen LogP contribution in [0.4, 0.5) is 5.69 Å². The predicted molar refractivity (Wildman–Crippen MR) is 52.9 cm³/mol. The monoisotopic (exact) mass is 190 g/mol. The van der Waals surface area contributed by atoms with E-state index in [1.165, 1.54) is 6.92 Å². The number of Topliss-reactive ketones (excluding diaryl/α,β-unsaturated/α-hetero) is 1. The molecule has 1 aromatic heterocycles. The number of hydrogen-bond acceptors (Lipinski definition) is 4. The van der Waals surface area contributed by atoms with Crippen LogP contribution in [0.15, 0.2) is 12.1 Å². The quantitative estimate of drug-likeness (QED) is 0.532. The number of nitrogens with zero attached hydrogens (tertiary/aromatic N) is 3. The molecule has 2 N–H and O–H groups in total. The molecule has 0 saturated heterocycles. The molecular weight excluding hydrogens is 180 g/mol. The van der Waals surface area contributed by atoms with Crippen molar-refractivity contribution in [1.29, 1.82) is 0 Å². The molecule has 0 saturated carbocycles. The Bertz CT molecular complexity index is 515. The molecule has 0 atom stereocenters. The highest BCUT2D eigenvalue weighted by Gasteiger charge is 2.09. The first kappa shape index (κ1) is 8.68. The summed E-state index contributed by atoms with van der Waals surface area (Å²) in [5.41, 5.74) is 8.22. The summed E-state index contributed by atoms with van der Waals surface area (Å²) in [6.07, 6.45) is 0. The Labute approximate surface area is 80.5 Å². The molecular formula is C9H10N4O. The predicted octanol–water partition coefficient (Wildman–Crippen LogP) is 0.753. The summed E-state index contributed by atoms with van der Waals surface area (Å²) in [5, 5.41) is 7.73. The topological polar surface area (TPSA) is 73.8 Å². The SMILES string of the molecule is CC(=O)c1cc(N)c2nnn(C)c2c1. The molecule has 0 aliphatic rings. The van der Waals surface area contributed by atoms with E-state index in [-0.39, 0.29) is 5.78 Å². The fourth-order valence-electron chi connectivity index (χ4n) is 1.36. The van der Waals surface area contributed by atoms with Gasteiger partial charge < -0.3 is 5.73 Å². The number of ketones is 1. The Morgan fingerprint density at radius 2 is 2.21 bits per heavy atom. The zero-order chi connectivity index (χ0) is 10.3. The van der Waals surface area contributed by atoms with Crippen LogP contribution in [0.2, 0.25) is 0 Å². The third kappa shape index (κ3) is 1.14. The molecule has 1 aromatic carbocycles. The molecule has 0 aliphatic carbocycles. The summed E-state index contributed by atoms with van der Waals surface area (Å²) in [5.74, 6) is -0.0141. The third-order valence-corrected chi connectivity index (χ3v) is 2.15. The third-order valence-electron chi connectivity index (χ3n) is 2.15. The normalized spacial score (nSPS) is 10.7. The highest BCUT2D eigenvalue weighted by Crippen LogP contribution is 2.20. The molecule has 14 heavy (non-hydrogen) atoms. The Kier molecular flexibility index (Phi) is 1.73. The molecule has 5 nitrogen and oxygen atoms in total. The first-order valence-corrected chi connectivity index (χ1v) is 4.19. The van der Waals surface area contributed by atoms with Crippen molar-refractivity contribution >= 4 is 22.5 Å². The molecule has 0 fully saturated rings. The maximum absolute atomic E-state index is 11.2. The number of hydrogen-bond donors (Lipinski definition) is 1. The van der Waals surface area contributed by atoms with E-state index in [1.807, 2.05) is 0 Å².